The van der Waals surface area contributed by atoms with E-state index < -0.39 is 21.9 Å². The van der Waals surface area contributed by atoms with Gasteiger partial charge < -0.3 is 4.90 Å². The molecule has 2 fully saturated rings. The summed E-state index contributed by atoms with van der Waals surface area (Å²) >= 11 is 7.31. The maximum Gasteiger partial charge on any atom is 0.246 e. The van der Waals surface area contributed by atoms with Crippen molar-refractivity contribution in [2.45, 2.75) is 23.8 Å². The molecule has 1 atom stereocenters. The fourth-order valence-electron chi connectivity index (χ4n) is 2.81. The van der Waals surface area contributed by atoms with Crippen molar-refractivity contribution in [2.24, 2.45) is 0 Å². The molecule has 2 aliphatic rings. The average molecular weight is 379 g/mol. The van der Waals surface area contributed by atoms with Gasteiger partial charge in [-0.3, -0.25) is 4.79 Å². The third kappa shape index (κ3) is 3.22. The Morgan fingerprint density at radius 1 is 1.30 bits per heavy atom. The molecule has 1 aromatic carbocycles. The highest BCUT2D eigenvalue weighted by atomic mass is 35.5. The van der Waals surface area contributed by atoms with E-state index in [0.29, 0.717) is 18.8 Å². The molecule has 2 aliphatic heterocycles. The molecular weight excluding hydrogens is 363 g/mol. The molecule has 0 spiro atoms. The van der Waals surface area contributed by atoms with Gasteiger partial charge in [0.1, 0.15) is 16.8 Å². The van der Waals surface area contributed by atoms with Crippen LogP contribution in [0.3, 0.4) is 0 Å². The molecule has 0 bridgehead atoms. The van der Waals surface area contributed by atoms with Crippen LogP contribution in [0.2, 0.25) is 5.02 Å². The third-order valence-corrected chi connectivity index (χ3v) is 7.54. The van der Waals surface area contributed by atoms with E-state index in [1.165, 1.54) is 17.8 Å². The van der Waals surface area contributed by atoms with E-state index in [0.717, 1.165) is 29.3 Å². The first-order valence-electron chi connectivity index (χ1n) is 7.24. The molecule has 9 heteroatoms. The molecule has 2 saturated heterocycles. The van der Waals surface area contributed by atoms with E-state index in [4.69, 9.17) is 11.6 Å². The molecule has 0 N–H and O–H groups in total. The van der Waals surface area contributed by atoms with Crippen molar-refractivity contribution in [3.63, 3.8) is 0 Å². The van der Waals surface area contributed by atoms with Crippen LogP contribution in [0.15, 0.2) is 23.1 Å². The molecule has 0 radical (unpaired) electrons. The van der Waals surface area contributed by atoms with Crippen LogP contribution in [0.1, 0.15) is 12.8 Å². The molecule has 126 valence electrons. The lowest BCUT2D eigenvalue weighted by molar-refractivity contribution is -0.133. The van der Waals surface area contributed by atoms with E-state index in [2.05, 4.69) is 0 Å². The highest BCUT2D eigenvalue weighted by Crippen LogP contribution is 2.33. The van der Waals surface area contributed by atoms with Gasteiger partial charge in [0.05, 0.1) is 10.9 Å². The van der Waals surface area contributed by atoms with E-state index in [-0.39, 0.29) is 21.7 Å². The van der Waals surface area contributed by atoms with Gasteiger partial charge in [0.15, 0.2) is 0 Å². The summed E-state index contributed by atoms with van der Waals surface area (Å²) in [5.74, 6) is -0.285. The Balaban J connectivity index is 1.92. The summed E-state index contributed by atoms with van der Waals surface area (Å²) in [7, 11) is -4.02. The second kappa shape index (κ2) is 6.58. The Morgan fingerprint density at radius 2 is 2.00 bits per heavy atom. The normalized spacial score (nSPS) is 22.7. The molecule has 2 heterocycles. The van der Waals surface area contributed by atoms with Gasteiger partial charge in [-0.05, 0) is 31.0 Å². The zero-order chi connectivity index (χ0) is 16.6. The number of carbonyl (C=O) groups excluding carboxylic acids is 1. The summed E-state index contributed by atoms with van der Waals surface area (Å²) < 4.78 is 40.2. The van der Waals surface area contributed by atoms with Crippen LogP contribution in [-0.4, -0.2) is 54.3 Å². The molecule has 0 aliphatic carbocycles. The number of halogens is 2. The van der Waals surface area contributed by atoms with Gasteiger partial charge in [-0.2, -0.15) is 4.31 Å². The lowest BCUT2D eigenvalue weighted by atomic mass is 10.3. The lowest BCUT2D eigenvalue weighted by Gasteiger charge is -2.26. The molecule has 1 amide bonds. The van der Waals surface area contributed by atoms with E-state index in [1.807, 2.05) is 0 Å². The minimum atomic E-state index is -4.02. The molecular formula is C14H16ClFN2O3S2. The molecule has 5 nitrogen and oxygen atoms in total. The van der Waals surface area contributed by atoms with Gasteiger partial charge in [0, 0.05) is 18.8 Å². The first-order valence-corrected chi connectivity index (χ1v) is 10.2. The largest absolute Gasteiger partial charge is 0.341 e. The summed E-state index contributed by atoms with van der Waals surface area (Å²) in [4.78, 5) is 14.0. The Bertz CT molecular complexity index is 723. The van der Waals surface area contributed by atoms with Crippen LogP contribution >= 0.6 is 23.4 Å². The number of thioether (sulfide) groups is 1. The summed E-state index contributed by atoms with van der Waals surface area (Å²) in [6.07, 6.45) is 1.88. The Labute approximate surface area is 143 Å². The van der Waals surface area contributed by atoms with Gasteiger partial charge in [0.2, 0.25) is 15.9 Å². The third-order valence-electron chi connectivity index (χ3n) is 4.02. The number of nitrogens with zero attached hydrogens (tertiary/aromatic N) is 2. The average Bonchev–Trinajstić information content (AvgIpc) is 3.20. The highest BCUT2D eigenvalue weighted by molar-refractivity contribution is 8.00. The standard InChI is InChI=1S/C14H16ClFN2O3S2/c15-11-4-3-10(16)7-13(11)23(20,21)18-9-22-8-12(18)14(19)17-5-1-2-6-17/h3-4,7,12H,1-2,5-6,8-9H2. The van der Waals surface area contributed by atoms with E-state index in [9.17, 15) is 17.6 Å². The smallest absolute Gasteiger partial charge is 0.246 e. The van der Waals surface area contributed by atoms with Crippen molar-refractivity contribution in [1.82, 2.24) is 9.21 Å². The number of likely N-dealkylation sites (tertiary alicyclic amines) is 1. The second-order valence-electron chi connectivity index (χ2n) is 5.51. The number of hydrogen-bond acceptors (Lipinski definition) is 4. The maximum absolute atomic E-state index is 13.4. The minimum absolute atomic E-state index is 0.0457. The van der Waals surface area contributed by atoms with Gasteiger partial charge in [-0.25, -0.2) is 12.8 Å². The predicted molar refractivity (Wildman–Crippen MR) is 87.4 cm³/mol. The zero-order valence-corrected chi connectivity index (χ0v) is 14.6. The SMILES string of the molecule is O=C(C1CSCN1S(=O)(=O)c1cc(F)ccc1Cl)N1CCCC1. The topological polar surface area (TPSA) is 57.7 Å². The van der Waals surface area contributed by atoms with Crippen molar-refractivity contribution < 1.29 is 17.6 Å². The first-order chi connectivity index (χ1) is 10.9. The summed E-state index contributed by atoms with van der Waals surface area (Å²) in [5, 5.41) is -0.0457. The van der Waals surface area contributed by atoms with Gasteiger partial charge in [0.25, 0.3) is 0 Å². The Hall–Kier alpha value is -0.830. The molecule has 0 saturated carbocycles. The quantitative estimate of drug-likeness (QED) is 0.808. The Morgan fingerprint density at radius 3 is 2.70 bits per heavy atom. The van der Waals surface area contributed by atoms with Crippen LogP contribution < -0.4 is 0 Å². The maximum atomic E-state index is 13.4. The second-order valence-corrected chi connectivity index (χ2v) is 8.78. The monoisotopic (exact) mass is 378 g/mol. The minimum Gasteiger partial charge on any atom is -0.341 e. The number of carbonyl (C=O) groups is 1. The number of benzene rings is 1. The van der Waals surface area contributed by atoms with Crippen molar-refractivity contribution >= 4 is 39.3 Å². The summed E-state index contributed by atoms with van der Waals surface area (Å²) in [5.41, 5.74) is 0. The molecule has 3 rings (SSSR count). The number of hydrogen-bond donors (Lipinski definition) is 0. The Kier molecular flexibility index (Phi) is 4.87. The molecule has 23 heavy (non-hydrogen) atoms. The van der Waals surface area contributed by atoms with Crippen LogP contribution in [0.25, 0.3) is 0 Å². The molecule has 1 aromatic rings. The number of amides is 1. The first kappa shape index (κ1) is 17.0. The number of sulfonamides is 1. The van der Waals surface area contributed by atoms with E-state index >= 15 is 0 Å². The van der Waals surface area contributed by atoms with Crippen LogP contribution in [0.4, 0.5) is 4.39 Å². The van der Waals surface area contributed by atoms with Crippen LogP contribution in [0.5, 0.6) is 0 Å². The highest BCUT2D eigenvalue weighted by Gasteiger charge is 2.42. The number of rotatable bonds is 3. The fourth-order valence-corrected chi connectivity index (χ4v) is 6.43. The van der Waals surface area contributed by atoms with Crippen molar-refractivity contribution in [3.8, 4) is 0 Å². The van der Waals surface area contributed by atoms with Crippen molar-refractivity contribution in [2.75, 3.05) is 24.7 Å². The lowest BCUT2D eigenvalue weighted by Crippen LogP contribution is -2.48. The van der Waals surface area contributed by atoms with Gasteiger partial charge in [-0.1, -0.05) is 11.6 Å². The van der Waals surface area contributed by atoms with Crippen molar-refractivity contribution in [1.29, 1.82) is 0 Å². The summed E-state index contributed by atoms with van der Waals surface area (Å²) in [6.45, 7) is 1.32. The molecule has 0 aromatic heterocycles. The molecule has 1 unspecified atom stereocenters. The van der Waals surface area contributed by atoms with Gasteiger partial charge >= 0.3 is 0 Å². The summed E-state index contributed by atoms with van der Waals surface area (Å²) in [6, 6.07) is 2.47. The van der Waals surface area contributed by atoms with E-state index in [1.54, 1.807) is 4.90 Å². The van der Waals surface area contributed by atoms with Crippen LogP contribution in [-0.2, 0) is 14.8 Å². The van der Waals surface area contributed by atoms with Crippen molar-refractivity contribution in [3.05, 3.63) is 29.0 Å². The predicted octanol–water partition coefficient (Wildman–Crippen LogP) is 2.17. The van der Waals surface area contributed by atoms with Crippen LogP contribution in [0, 0.1) is 5.82 Å². The zero-order valence-electron chi connectivity index (χ0n) is 12.2. The fraction of sp³-hybridized carbons (Fsp3) is 0.500. The van der Waals surface area contributed by atoms with Gasteiger partial charge in [-0.15, -0.1) is 11.8 Å².